The molecule has 12 heteroatoms. The lowest BCUT2D eigenvalue weighted by atomic mass is 9.53. The van der Waals surface area contributed by atoms with Crippen LogP contribution >= 0.6 is 0 Å². The minimum atomic E-state index is -1.81. The zero-order chi connectivity index (χ0) is 29.1. The Morgan fingerprint density at radius 3 is 1.85 bits per heavy atom. The second kappa shape index (κ2) is 12.0. The fraction of sp³-hybridized carbons (Fsp3) is 0.536. The van der Waals surface area contributed by atoms with E-state index in [4.69, 9.17) is 15.2 Å². The van der Waals surface area contributed by atoms with Crippen LogP contribution in [0.1, 0.15) is 42.7 Å². The number of carboxylic acids is 1. The SMILES string of the molecule is COC(=O)C12CN([C@@H](CCCCN)C(=O)O)CC(C(=O)OC)([C@H]1O)[C@@H](c1ccccn1)N(C)[C@H]2c1ccccn1. The number of piperidine rings is 2. The smallest absolute Gasteiger partial charge is 0.320 e. The number of nitrogens with two attached hydrogens (primary N) is 1. The number of aliphatic hydroxyl groups is 1. The Morgan fingerprint density at radius 2 is 1.48 bits per heavy atom. The fourth-order valence-corrected chi connectivity index (χ4v) is 6.85. The van der Waals surface area contributed by atoms with Gasteiger partial charge in [0.2, 0.25) is 0 Å². The number of aromatic nitrogens is 2. The number of esters is 2. The highest BCUT2D eigenvalue weighted by atomic mass is 16.5. The van der Waals surface area contributed by atoms with Crippen LogP contribution in [0.5, 0.6) is 0 Å². The molecule has 0 saturated carbocycles. The summed E-state index contributed by atoms with van der Waals surface area (Å²) in [7, 11) is 4.16. The number of hydrogen-bond acceptors (Lipinski definition) is 11. The molecule has 2 unspecified atom stereocenters. The Labute approximate surface area is 233 Å². The molecule has 0 radical (unpaired) electrons. The topological polar surface area (TPSA) is 168 Å². The van der Waals surface area contributed by atoms with E-state index in [2.05, 4.69) is 9.97 Å². The Kier molecular flexibility index (Phi) is 8.83. The first-order valence-corrected chi connectivity index (χ1v) is 13.3. The third-order valence-corrected chi connectivity index (χ3v) is 8.42. The molecule has 0 aromatic carbocycles. The number of aliphatic carboxylic acids is 1. The lowest BCUT2D eigenvalue weighted by Gasteiger charge is -2.64. The second-order valence-corrected chi connectivity index (χ2v) is 10.5. The van der Waals surface area contributed by atoms with Gasteiger partial charge in [0.15, 0.2) is 0 Å². The highest BCUT2D eigenvalue weighted by Crippen LogP contribution is 2.62. The van der Waals surface area contributed by atoms with Gasteiger partial charge in [-0.2, -0.15) is 0 Å². The van der Waals surface area contributed by atoms with Crippen molar-refractivity contribution in [2.45, 2.75) is 43.5 Å². The zero-order valence-electron chi connectivity index (χ0n) is 23.0. The van der Waals surface area contributed by atoms with Gasteiger partial charge in [0, 0.05) is 25.5 Å². The maximum absolute atomic E-state index is 13.9. The van der Waals surface area contributed by atoms with E-state index in [1.807, 2.05) is 4.90 Å². The predicted molar refractivity (Wildman–Crippen MR) is 143 cm³/mol. The van der Waals surface area contributed by atoms with E-state index in [0.717, 1.165) is 0 Å². The van der Waals surface area contributed by atoms with E-state index >= 15 is 0 Å². The predicted octanol–water partition coefficient (Wildman–Crippen LogP) is 0.782. The van der Waals surface area contributed by atoms with Crippen LogP contribution in [0.4, 0.5) is 0 Å². The van der Waals surface area contributed by atoms with Gasteiger partial charge in [-0.15, -0.1) is 0 Å². The Bertz CT molecular complexity index is 1120. The molecule has 6 atom stereocenters. The summed E-state index contributed by atoms with van der Waals surface area (Å²) in [4.78, 5) is 53.0. The van der Waals surface area contributed by atoms with Crippen molar-refractivity contribution in [3.63, 3.8) is 0 Å². The van der Waals surface area contributed by atoms with Crippen LogP contribution < -0.4 is 5.73 Å². The number of likely N-dealkylation sites (tertiary alicyclic amines) is 2. The summed E-state index contributed by atoms with van der Waals surface area (Å²) in [6, 6.07) is 7.55. The maximum atomic E-state index is 13.9. The van der Waals surface area contributed by atoms with Crippen LogP contribution in [-0.2, 0) is 23.9 Å². The van der Waals surface area contributed by atoms with Crippen LogP contribution in [0.2, 0.25) is 0 Å². The van der Waals surface area contributed by atoms with Gasteiger partial charge in [-0.25, -0.2) is 0 Å². The third-order valence-electron chi connectivity index (χ3n) is 8.42. The molecule has 2 aromatic rings. The molecule has 216 valence electrons. The van der Waals surface area contributed by atoms with E-state index in [9.17, 15) is 24.6 Å². The van der Waals surface area contributed by atoms with Crippen molar-refractivity contribution < 1.29 is 34.1 Å². The van der Waals surface area contributed by atoms with Gasteiger partial charge in [-0.05, 0) is 50.7 Å². The Hall–Kier alpha value is -3.45. The lowest BCUT2D eigenvalue weighted by Crippen LogP contribution is -2.78. The molecule has 12 nitrogen and oxygen atoms in total. The number of fused-ring (bicyclic) bond motifs is 2. The van der Waals surface area contributed by atoms with Gasteiger partial charge >= 0.3 is 17.9 Å². The molecule has 2 aliphatic heterocycles. The van der Waals surface area contributed by atoms with Gasteiger partial charge in [-0.1, -0.05) is 18.6 Å². The molecule has 2 fully saturated rings. The first-order chi connectivity index (χ1) is 19.2. The second-order valence-electron chi connectivity index (χ2n) is 10.5. The third kappa shape index (κ3) is 4.64. The molecule has 0 amide bonds. The van der Waals surface area contributed by atoms with Crippen LogP contribution in [0.25, 0.3) is 0 Å². The van der Waals surface area contributed by atoms with E-state index in [-0.39, 0.29) is 19.5 Å². The minimum Gasteiger partial charge on any atom is -0.480 e. The van der Waals surface area contributed by atoms with Crippen LogP contribution in [-0.4, -0.2) is 101 Å². The normalized spacial score (nSPS) is 29.4. The highest BCUT2D eigenvalue weighted by Gasteiger charge is 2.75. The molecule has 0 aliphatic carbocycles. The summed E-state index contributed by atoms with van der Waals surface area (Å²) < 4.78 is 10.6. The quantitative estimate of drug-likeness (QED) is 0.279. The standard InChI is InChI=1S/C28H37N5O7/c1-32-21(18-10-5-8-14-30-18)27(25(37)39-2)16-33(20(23(34)35)12-4-7-13-29)17-28(24(27)36,26(38)40-3)22(32)19-11-6-9-15-31-19/h5-6,8-11,14-15,20-22,24,36H,4,7,12-13,16-17,29H2,1-3H3,(H,34,35)/t20-,21-,22+,24-,27?,28?/m0/s1. The molecule has 2 saturated heterocycles. The minimum absolute atomic E-state index is 0.195. The summed E-state index contributed by atoms with van der Waals surface area (Å²) in [5, 5.41) is 22.7. The van der Waals surface area contributed by atoms with Crippen molar-refractivity contribution in [2.24, 2.45) is 16.6 Å². The van der Waals surface area contributed by atoms with Crippen LogP contribution in [0.15, 0.2) is 48.8 Å². The molecule has 2 aliphatic rings. The number of pyridine rings is 2. The monoisotopic (exact) mass is 555 g/mol. The van der Waals surface area contributed by atoms with E-state index < -0.39 is 53.0 Å². The number of nitrogens with zero attached hydrogens (tertiary/aromatic N) is 4. The van der Waals surface area contributed by atoms with Crippen molar-refractivity contribution in [2.75, 3.05) is 40.9 Å². The molecule has 4 N–H and O–H groups in total. The van der Waals surface area contributed by atoms with Gasteiger partial charge < -0.3 is 25.4 Å². The van der Waals surface area contributed by atoms with E-state index in [1.54, 1.807) is 60.7 Å². The van der Waals surface area contributed by atoms with Gasteiger partial charge in [0.25, 0.3) is 0 Å². The van der Waals surface area contributed by atoms with Gasteiger partial charge in [-0.3, -0.25) is 34.2 Å². The number of rotatable bonds is 10. The van der Waals surface area contributed by atoms with Crippen LogP contribution in [0, 0.1) is 10.8 Å². The summed E-state index contributed by atoms with van der Waals surface area (Å²) in [6.07, 6.45) is 2.88. The number of carbonyl (C=O) groups excluding carboxylic acids is 2. The maximum Gasteiger partial charge on any atom is 0.320 e. The number of ether oxygens (including phenoxy) is 2. The number of carboxylic acid groups (broad SMARTS) is 1. The van der Waals surface area contributed by atoms with Crippen molar-refractivity contribution in [3.8, 4) is 0 Å². The molecule has 40 heavy (non-hydrogen) atoms. The van der Waals surface area contributed by atoms with E-state index in [1.165, 1.54) is 14.2 Å². The number of carbonyl (C=O) groups is 3. The summed E-state index contributed by atoms with van der Waals surface area (Å²) in [5.74, 6) is -2.68. The molecule has 4 heterocycles. The number of aliphatic hydroxyl groups excluding tert-OH is 1. The Balaban J connectivity index is 2.04. The van der Waals surface area contributed by atoms with Crippen molar-refractivity contribution in [1.82, 2.24) is 19.8 Å². The number of unbranched alkanes of at least 4 members (excludes halogenated alkanes) is 1. The average Bonchev–Trinajstić information content (AvgIpc) is 2.96. The largest absolute Gasteiger partial charge is 0.480 e. The van der Waals surface area contributed by atoms with Gasteiger partial charge in [0.05, 0.1) is 43.8 Å². The lowest BCUT2D eigenvalue weighted by molar-refractivity contribution is -0.253. The number of hydrogen-bond donors (Lipinski definition) is 3. The fourth-order valence-electron chi connectivity index (χ4n) is 6.85. The highest BCUT2D eigenvalue weighted by molar-refractivity contribution is 5.86. The zero-order valence-corrected chi connectivity index (χ0v) is 23.0. The Morgan fingerprint density at radius 1 is 0.975 bits per heavy atom. The first-order valence-electron chi connectivity index (χ1n) is 13.3. The molecule has 2 aromatic heterocycles. The summed E-state index contributed by atoms with van der Waals surface area (Å²) >= 11 is 0. The van der Waals surface area contributed by atoms with Crippen LogP contribution in [0.3, 0.4) is 0 Å². The summed E-state index contributed by atoms with van der Waals surface area (Å²) in [5.41, 5.74) is 2.95. The first kappa shape index (κ1) is 29.5. The molecular formula is C28H37N5O7. The molecular weight excluding hydrogens is 518 g/mol. The van der Waals surface area contributed by atoms with Crippen molar-refractivity contribution in [3.05, 3.63) is 60.2 Å². The molecule has 0 spiro atoms. The summed E-state index contributed by atoms with van der Waals surface area (Å²) in [6.45, 7) is 0.0108. The van der Waals surface area contributed by atoms with Gasteiger partial charge in [0.1, 0.15) is 16.9 Å². The number of methoxy groups -OCH3 is 2. The molecule has 4 rings (SSSR count). The van der Waals surface area contributed by atoms with Crippen molar-refractivity contribution in [1.29, 1.82) is 0 Å². The average molecular weight is 556 g/mol. The van der Waals surface area contributed by atoms with E-state index in [0.29, 0.717) is 30.8 Å². The molecule has 2 bridgehead atoms. The van der Waals surface area contributed by atoms with Crippen molar-refractivity contribution >= 4 is 17.9 Å².